The Hall–Kier alpha value is -1.99. The molecule has 0 bridgehead atoms. The van der Waals surface area contributed by atoms with Crippen molar-refractivity contribution in [3.63, 3.8) is 0 Å². The van der Waals surface area contributed by atoms with Crippen LogP contribution in [0, 0.1) is 12.7 Å². The highest BCUT2D eigenvalue weighted by atomic mass is 35.5. The molecule has 1 aromatic carbocycles. The van der Waals surface area contributed by atoms with Crippen LogP contribution in [0.15, 0.2) is 29.4 Å². The molecule has 0 amide bonds. The summed E-state index contributed by atoms with van der Waals surface area (Å²) in [5.41, 5.74) is 5.09. The minimum atomic E-state index is -0.272. The van der Waals surface area contributed by atoms with Crippen LogP contribution in [0.5, 0.6) is 0 Å². The third-order valence-electron chi connectivity index (χ3n) is 3.13. The molecule has 0 radical (unpaired) electrons. The van der Waals surface area contributed by atoms with Gasteiger partial charge in [0.25, 0.3) is 0 Å². The van der Waals surface area contributed by atoms with Crippen molar-refractivity contribution < 1.29 is 4.39 Å². The summed E-state index contributed by atoms with van der Waals surface area (Å²) in [7, 11) is 0. The van der Waals surface area contributed by atoms with E-state index in [0.29, 0.717) is 22.4 Å². The lowest BCUT2D eigenvalue weighted by molar-refractivity contribution is 0.624. The normalized spacial score (nSPS) is 11.2. The van der Waals surface area contributed by atoms with Crippen molar-refractivity contribution in [3.8, 4) is 0 Å². The van der Waals surface area contributed by atoms with E-state index < -0.39 is 0 Å². The first-order valence-corrected chi connectivity index (χ1v) is 8.22. The summed E-state index contributed by atoms with van der Waals surface area (Å²) in [5, 5.41) is 12.4. The Morgan fingerprint density at radius 2 is 2.08 bits per heavy atom. The molecule has 0 saturated heterocycles. The van der Waals surface area contributed by atoms with E-state index in [1.165, 1.54) is 12.1 Å². The standard InChI is InChI=1S/C16H19ClFN5S/c1-10(2)20-16(24)21-19-8-14-11(3)22-23(15(14)17)9-12-4-6-13(18)7-5-12/h4-8,10H,9H2,1-3H3,(H2,20,21,24)/b19-8-. The third kappa shape index (κ3) is 5.01. The van der Waals surface area contributed by atoms with Crippen LogP contribution in [-0.4, -0.2) is 27.1 Å². The molecule has 0 fully saturated rings. The predicted molar refractivity (Wildman–Crippen MR) is 99.1 cm³/mol. The summed E-state index contributed by atoms with van der Waals surface area (Å²) < 4.78 is 14.6. The number of aromatic nitrogens is 2. The Labute approximate surface area is 150 Å². The van der Waals surface area contributed by atoms with Gasteiger partial charge in [-0.2, -0.15) is 10.2 Å². The van der Waals surface area contributed by atoms with Crippen LogP contribution in [0.25, 0.3) is 0 Å². The maximum Gasteiger partial charge on any atom is 0.187 e. The minimum Gasteiger partial charge on any atom is -0.359 e. The SMILES string of the molecule is Cc1nn(Cc2ccc(F)cc2)c(Cl)c1/C=N\NC(=S)NC(C)C. The molecule has 2 N–H and O–H groups in total. The minimum absolute atomic E-state index is 0.226. The molecular formula is C16H19ClFN5S. The van der Waals surface area contributed by atoms with Gasteiger partial charge in [-0.25, -0.2) is 9.07 Å². The molecule has 0 saturated carbocycles. The molecule has 24 heavy (non-hydrogen) atoms. The Morgan fingerprint density at radius 1 is 1.42 bits per heavy atom. The van der Waals surface area contributed by atoms with Crippen LogP contribution in [0.1, 0.15) is 30.7 Å². The fourth-order valence-electron chi connectivity index (χ4n) is 2.03. The number of halogens is 2. The van der Waals surface area contributed by atoms with E-state index in [0.717, 1.165) is 11.3 Å². The fourth-order valence-corrected chi connectivity index (χ4v) is 2.60. The Bertz CT molecular complexity index is 740. The number of rotatable bonds is 5. The van der Waals surface area contributed by atoms with Gasteiger partial charge in [0.05, 0.1) is 24.0 Å². The number of hydrogen-bond acceptors (Lipinski definition) is 3. The molecular weight excluding hydrogens is 349 g/mol. The van der Waals surface area contributed by atoms with Gasteiger partial charge >= 0.3 is 0 Å². The summed E-state index contributed by atoms with van der Waals surface area (Å²) in [6, 6.07) is 6.45. The molecule has 0 atom stereocenters. The number of thiocarbonyl (C=S) groups is 1. The Balaban J connectivity index is 2.08. The molecule has 8 heteroatoms. The number of nitrogens with zero attached hydrogens (tertiary/aromatic N) is 3. The number of hydrogen-bond donors (Lipinski definition) is 2. The van der Waals surface area contributed by atoms with Crippen molar-refractivity contribution in [1.82, 2.24) is 20.5 Å². The molecule has 0 spiro atoms. The van der Waals surface area contributed by atoms with E-state index in [4.69, 9.17) is 23.8 Å². The number of hydrazone groups is 1. The molecule has 2 aromatic rings. The monoisotopic (exact) mass is 367 g/mol. The third-order valence-corrected chi connectivity index (χ3v) is 3.74. The Kier molecular flexibility index (Phi) is 6.28. The lowest BCUT2D eigenvalue weighted by Crippen LogP contribution is -2.36. The number of nitrogens with one attached hydrogen (secondary N) is 2. The second-order valence-electron chi connectivity index (χ2n) is 5.57. The van der Waals surface area contributed by atoms with Crippen molar-refractivity contribution in [2.75, 3.05) is 0 Å². The number of aryl methyl sites for hydroxylation is 1. The topological polar surface area (TPSA) is 54.2 Å². The van der Waals surface area contributed by atoms with Gasteiger partial charge in [0.2, 0.25) is 0 Å². The summed E-state index contributed by atoms with van der Waals surface area (Å²) in [4.78, 5) is 0. The molecule has 2 rings (SSSR count). The van der Waals surface area contributed by atoms with Crippen LogP contribution in [0.2, 0.25) is 5.15 Å². The van der Waals surface area contributed by atoms with Crippen LogP contribution in [0.4, 0.5) is 4.39 Å². The largest absolute Gasteiger partial charge is 0.359 e. The summed E-state index contributed by atoms with van der Waals surface area (Å²) >= 11 is 11.5. The highest BCUT2D eigenvalue weighted by Gasteiger charge is 2.12. The van der Waals surface area contributed by atoms with E-state index in [-0.39, 0.29) is 11.9 Å². The van der Waals surface area contributed by atoms with Crippen molar-refractivity contribution in [2.24, 2.45) is 5.10 Å². The van der Waals surface area contributed by atoms with Gasteiger partial charge in [0, 0.05) is 6.04 Å². The molecule has 1 heterocycles. The van der Waals surface area contributed by atoms with Crippen molar-refractivity contribution in [2.45, 2.75) is 33.4 Å². The Morgan fingerprint density at radius 3 is 2.71 bits per heavy atom. The summed E-state index contributed by atoms with van der Waals surface area (Å²) in [6.45, 7) is 6.27. The highest BCUT2D eigenvalue weighted by molar-refractivity contribution is 7.80. The second-order valence-corrected chi connectivity index (χ2v) is 6.34. The van der Waals surface area contributed by atoms with E-state index in [1.807, 2.05) is 20.8 Å². The van der Waals surface area contributed by atoms with Gasteiger partial charge in [-0.05, 0) is 50.7 Å². The molecule has 5 nitrogen and oxygen atoms in total. The average Bonchev–Trinajstić information content (AvgIpc) is 2.76. The van der Waals surface area contributed by atoms with Gasteiger partial charge in [0.1, 0.15) is 11.0 Å². The van der Waals surface area contributed by atoms with Crippen molar-refractivity contribution in [1.29, 1.82) is 0 Å². The fraction of sp³-hybridized carbons (Fsp3) is 0.312. The molecule has 0 aliphatic heterocycles. The van der Waals surface area contributed by atoms with E-state index in [2.05, 4.69) is 20.9 Å². The van der Waals surface area contributed by atoms with Gasteiger partial charge in [-0.15, -0.1) is 0 Å². The first-order valence-electron chi connectivity index (χ1n) is 7.43. The number of benzene rings is 1. The zero-order valence-electron chi connectivity index (χ0n) is 13.7. The molecule has 128 valence electrons. The maximum atomic E-state index is 13.0. The van der Waals surface area contributed by atoms with E-state index >= 15 is 0 Å². The van der Waals surface area contributed by atoms with Crippen LogP contribution < -0.4 is 10.7 Å². The quantitative estimate of drug-likeness (QED) is 0.484. The van der Waals surface area contributed by atoms with Crippen molar-refractivity contribution >= 4 is 35.1 Å². The highest BCUT2D eigenvalue weighted by Crippen LogP contribution is 2.19. The van der Waals surface area contributed by atoms with Gasteiger partial charge in [-0.3, -0.25) is 5.43 Å². The van der Waals surface area contributed by atoms with Crippen LogP contribution >= 0.6 is 23.8 Å². The van der Waals surface area contributed by atoms with Gasteiger partial charge in [0.15, 0.2) is 5.11 Å². The molecule has 1 aromatic heterocycles. The predicted octanol–water partition coefficient (Wildman–Crippen LogP) is 3.24. The molecule has 0 unspecified atom stereocenters. The lowest BCUT2D eigenvalue weighted by atomic mass is 10.2. The first kappa shape index (κ1) is 18.4. The first-order chi connectivity index (χ1) is 11.4. The average molecular weight is 368 g/mol. The van der Waals surface area contributed by atoms with E-state index in [1.54, 1.807) is 23.0 Å². The van der Waals surface area contributed by atoms with Crippen molar-refractivity contribution in [3.05, 3.63) is 52.1 Å². The zero-order valence-corrected chi connectivity index (χ0v) is 15.2. The molecule has 0 aliphatic rings. The summed E-state index contributed by atoms with van der Waals surface area (Å²) in [6.07, 6.45) is 1.58. The lowest BCUT2D eigenvalue weighted by Gasteiger charge is -2.09. The summed E-state index contributed by atoms with van der Waals surface area (Å²) in [5.74, 6) is -0.272. The van der Waals surface area contributed by atoms with Gasteiger partial charge in [-0.1, -0.05) is 23.7 Å². The smallest absolute Gasteiger partial charge is 0.187 e. The maximum absolute atomic E-state index is 13.0. The van der Waals surface area contributed by atoms with Gasteiger partial charge < -0.3 is 5.32 Å². The molecule has 0 aliphatic carbocycles. The zero-order chi connectivity index (χ0) is 17.7. The second kappa shape index (κ2) is 8.21. The van der Waals surface area contributed by atoms with Crippen LogP contribution in [0.3, 0.4) is 0 Å². The van der Waals surface area contributed by atoms with Crippen LogP contribution in [-0.2, 0) is 6.54 Å². The van der Waals surface area contributed by atoms with E-state index in [9.17, 15) is 4.39 Å².